The summed E-state index contributed by atoms with van der Waals surface area (Å²) in [6, 6.07) is 2.02. The molecule has 2 rings (SSSR count). The lowest BCUT2D eigenvalue weighted by Crippen LogP contribution is -2.04. The second-order valence-electron chi connectivity index (χ2n) is 2.97. The van der Waals surface area contributed by atoms with Crippen LogP contribution in [0.3, 0.4) is 0 Å². The highest BCUT2D eigenvalue weighted by atomic mass is 79.9. The van der Waals surface area contributed by atoms with Gasteiger partial charge in [0.1, 0.15) is 5.82 Å². The molecule has 0 amide bonds. The van der Waals surface area contributed by atoms with E-state index in [2.05, 4.69) is 47.1 Å². The average molecular weight is 364 g/mol. The fraction of sp³-hybridized carbons (Fsp3) is 0.111. The Hall–Kier alpha value is -0.660. The Morgan fingerprint density at radius 3 is 2.88 bits per heavy atom. The lowest BCUT2D eigenvalue weighted by Gasteiger charge is -2.06. The minimum atomic E-state index is 0.260. The van der Waals surface area contributed by atoms with Crippen molar-refractivity contribution in [3.8, 4) is 0 Å². The molecule has 84 valence electrons. The molecule has 0 saturated heterocycles. The molecule has 2 heterocycles. The first-order valence-corrected chi connectivity index (χ1v) is 6.87. The van der Waals surface area contributed by atoms with E-state index in [1.54, 1.807) is 17.5 Å². The Balaban J connectivity index is 2.10. The molecule has 4 nitrogen and oxygen atoms in total. The van der Waals surface area contributed by atoms with E-state index in [1.807, 2.05) is 11.4 Å². The number of nitrogen functional groups attached to an aromatic ring is 1. The molecular formula is C9H8Br2N4S. The van der Waals surface area contributed by atoms with Gasteiger partial charge in [-0.3, -0.25) is 0 Å². The van der Waals surface area contributed by atoms with Gasteiger partial charge in [-0.1, -0.05) is 0 Å². The smallest absolute Gasteiger partial charge is 0.221 e. The van der Waals surface area contributed by atoms with E-state index < -0.39 is 0 Å². The quantitative estimate of drug-likeness (QED) is 0.878. The van der Waals surface area contributed by atoms with Gasteiger partial charge in [0.05, 0.1) is 11.0 Å². The third-order valence-electron chi connectivity index (χ3n) is 1.87. The monoisotopic (exact) mass is 362 g/mol. The van der Waals surface area contributed by atoms with Gasteiger partial charge >= 0.3 is 0 Å². The fourth-order valence-electron chi connectivity index (χ4n) is 1.12. The molecule has 0 unspecified atom stereocenters. The highest BCUT2D eigenvalue weighted by Crippen LogP contribution is 2.25. The van der Waals surface area contributed by atoms with Crippen LogP contribution in [0.25, 0.3) is 0 Å². The van der Waals surface area contributed by atoms with Gasteiger partial charge in [0.25, 0.3) is 0 Å². The second-order valence-corrected chi connectivity index (χ2v) is 5.68. The lowest BCUT2D eigenvalue weighted by atomic mass is 10.4. The Kier molecular flexibility index (Phi) is 3.78. The Labute approximate surface area is 114 Å². The molecule has 0 saturated carbocycles. The van der Waals surface area contributed by atoms with Crippen molar-refractivity contribution in [2.75, 3.05) is 11.1 Å². The topological polar surface area (TPSA) is 63.8 Å². The average Bonchev–Trinajstić information content (AvgIpc) is 2.66. The largest absolute Gasteiger partial charge is 0.368 e. The summed E-state index contributed by atoms with van der Waals surface area (Å²) in [6.45, 7) is 0.702. The van der Waals surface area contributed by atoms with E-state index in [9.17, 15) is 0 Å². The molecule has 3 N–H and O–H groups in total. The van der Waals surface area contributed by atoms with Crippen LogP contribution < -0.4 is 11.1 Å². The molecule has 0 aromatic carbocycles. The Morgan fingerprint density at radius 2 is 2.19 bits per heavy atom. The maximum absolute atomic E-state index is 5.52. The van der Waals surface area contributed by atoms with Gasteiger partial charge in [0.15, 0.2) is 0 Å². The second kappa shape index (κ2) is 5.11. The number of hydrogen-bond acceptors (Lipinski definition) is 5. The van der Waals surface area contributed by atoms with Crippen molar-refractivity contribution in [2.45, 2.75) is 6.54 Å². The summed E-state index contributed by atoms with van der Waals surface area (Å²) in [6.07, 6.45) is 1.63. The van der Waals surface area contributed by atoms with Crippen LogP contribution in [-0.4, -0.2) is 9.97 Å². The van der Waals surface area contributed by atoms with Crippen molar-refractivity contribution in [3.05, 3.63) is 31.5 Å². The third kappa shape index (κ3) is 2.72. The first-order valence-electron chi connectivity index (χ1n) is 4.40. The standard InChI is InChI=1S/C9H8Br2N4S/c10-5-1-2-16-7(5)4-13-8-6(11)3-14-9(12)15-8/h1-3H,4H2,(H3,12,13,14,15). The molecule has 0 fully saturated rings. The van der Waals surface area contributed by atoms with E-state index in [0.717, 1.165) is 8.95 Å². The molecule has 0 radical (unpaired) electrons. The molecule has 0 spiro atoms. The number of rotatable bonds is 3. The van der Waals surface area contributed by atoms with Crippen molar-refractivity contribution in [2.24, 2.45) is 0 Å². The summed E-state index contributed by atoms with van der Waals surface area (Å²) >= 11 is 8.52. The fourth-order valence-corrected chi connectivity index (χ4v) is 2.88. The van der Waals surface area contributed by atoms with Crippen LogP contribution in [0.2, 0.25) is 0 Å². The molecule has 0 aliphatic heterocycles. The van der Waals surface area contributed by atoms with E-state index in [4.69, 9.17) is 5.73 Å². The van der Waals surface area contributed by atoms with Crippen molar-refractivity contribution in [3.63, 3.8) is 0 Å². The van der Waals surface area contributed by atoms with Crippen LogP contribution in [-0.2, 0) is 6.54 Å². The predicted octanol–water partition coefficient (Wildman–Crippen LogP) is 3.26. The lowest BCUT2D eigenvalue weighted by molar-refractivity contribution is 1.09. The number of halogens is 2. The van der Waals surface area contributed by atoms with Crippen LogP contribution in [0.1, 0.15) is 4.88 Å². The molecule has 0 aliphatic rings. The summed E-state index contributed by atoms with van der Waals surface area (Å²) in [5.74, 6) is 0.962. The van der Waals surface area contributed by atoms with Crippen molar-refractivity contribution in [1.82, 2.24) is 9.97 Å². The van der Waals surface area contributed by atoms with Gasteiger partial charge in [-0.15, -0.1) is 11.3 Å². The number of aromatic nitrogens is 2. The molecular weight excluding hydrogens is 356 g/mol. The minimum absolute atomic E-state index is 0.260. The maximum atomic E-state index is 5.52. The minimum Gasteiger partial charge on any atom is -0.368 e. The normalized spacial score (nSPS) is 10.4. The zero-order valence-corrected chi connectivity index (χ0v) is 12.1. The number of hydrogen-bond donors (Lipinski definition) is 2. The highest BCUT2D eigenvalue weighted by Gasteiger charge is 2.05. The first-order chi connectivity index (χ1) is 7.66. The molecule has 0 aliphatic carbocycles. The van der Waals surface area contributed by atoms with Crippen LogP contribution >= 0.6 is 43.2 Å². The zero-order chi connectivity index (χ0) is 11.5. The Morgan fingerprint density at radius 1 is 1.38 bits per heavy atom. The summed E-state index contributed by atoms with van der Waals surface area (Å²) in [5.41, 5.74) is 5.52. The van der Waals surface area contributed by atoms with Crippen LogP contribution in [0.5, 0.6) is 0 Å². The van der Waals surface area contributed by atoms with Gasteiger partial charge in [0, 0.05) is 15.5 Å². The van der Waals surface area contributed by atoms with Crippen LogP contribution in [0.4, 0.5) is 11.8 Å². The molecule has 7 heteroatoms. The highest BCUT2D eigenvalue weighted by molar-refractivity contribution is 9.11. The third-order valence-corrected chi connectivity index (χ3v) is 4.38. The van der Waals surface area contributed by atoms with Crippen LogP contribution in [0, 0.1) is 0 Å². The molecule has 0 bridgehead atoms. The molecule has 16 heavy (non-hydrogen) atoms. The van der Waals surface area contributed by atoms with E-state index in [0.29, 0.717) is 12.4 Å². The van der Waals surface area contributed by atoms with Crippen LogP contribution in [0.15, 0.2) is 26.6 Å². The van der Waals surface area contributed by atoms with Crippen molar-refractivity contribution < 1.29 is 0 Å². The van der Waals surface area contributed by atoms with Gasteiger partial charge < -0.3 is 11.1 Å². The van der Waals surface area contributed by atoms with Gasteiger partial charge in [-0.05, 0) is 43.3 Å². The van der Waals surface area contributed by atoms with Gasteiger partial charge in [-0.25, -0.2) is 4.98 Å². The molecule has 2 aromatic heterocycles. The number of nitrogens with zero attached hydrogens (tertiary/aromatic N) is 2. The van der Waals surface area contributed by atoms with Crippen molar-refractivity contribution >= 4 is 55.0 Å². The van der Waals surface area contributed by atoms with E-state index >= 15 is 0 Å². The maximum Gasteiger partial charge on any atom is 0.221 e. The number of nitrogens with one attached hydrogen (secondary N) is 1. The molecule has 2 aromatic rings. The number of thiophene rings is 1. The molecule has 0 atom stereocenters. The summed E-state index contributed by atoms with van der Waals surface area (Å²) in [5, 5.41) is 5.23. The summed E-state index contributed by atoms with van der Waals surface area (Å²) < 4.78 is 1.90. The Bertz CT molecular complexity index is 500. The van der Waals surface area contributed by atoms with Gasteiger partial charge in [-0.2, -0.15) is 4.98 Å². The number of anilines is 2. The first kappa shape index (κ1) is 11.8. The summed E-state index contributed by atoms with van der Waals surface area (Å²) in [4.78, 5) is 9.19. The number of nitrogens with two attached hydrogens (primary N) is 1. The van der Waals surface area contributed by atoms with Gasteiger partial charge in [0.2, 0.25) is 5.95 Å². The predicted molar refractivity (Wildman–Crippen MR) is 73.5 cm³/mol. The van der Waals surface area contributed by atoms with Crippen molar-refractivity contribution in [1.29, 1.82) is 0 Å². The zero-order valence-electron chi connectivity index (χ0n) is 8.08. The summed E-state index contributed by atoms with van der Waals surface area (Å²) in [7, 11) is 0. The van der Waals surface area contributed by atoms with E-state index in [1.165, 1.54) is 4.88 Å². The van der Waals surface area contributed by atoms with E-state index in [-0.39, 0.29) is 5.95 Å². The SMILES string of the molecule is Nc1ncc(Br)c(NCc2sccc2Br)n1.